The van der Waals surface area contributed by atoms with Gasteiger partial charge in [0.25, 0.3) is 0 Å². The molecule has 0 aliphatic rings. The fourth-order valence-electron chi connectivity index (χ4n) is 1.19. The summed E-state index contributed by atoms with van der Waals surface area (Å²) < 4.78 is 0. The Morgan fingerprint density at radius 1 is 1.35 bits per heavy atom. The molecular formula is C12H13N3O2. The van der Waals surface area contributed by atoms with Crippen molar-refractivity contribution in [2.75, 3.05) is 5.43 Å². The van der Waals surface area contributed by atoms with Gasteiger partial charge in [-0.05, 0) is 18.6 Å². The van der Waals surface area contributed by atoms with Crippen LogP contribution in [0.3, 0.4) is 0 Å². The Hall–Kier alpha value is -2.35. The molecule has 0 fully saturated rings. The molecule has 0 heterocycles. The van der Waals surface area contributed by atoms with E-state index in [9.17, 15) is 4.79 Å². The van der Waals surface area contributed by atoms with E-state index in [0.717, 1.165) is 5.69 Å². The second-order valence-corrected chi connectivity index (χ2v) is 3.40. The molecule has 0 aliphatic heterocycles. The third kappa shape index (κ3) is 5.33. The van der Waals surface area contributed by atoms with E-state index in [1.807, 2.05) is 36.4 Å². The number of hydrazone groups is 1. The molecule has 0 unspecified atom stereocenters. The minimum atomic E-state index is -0.863. The van der Waals surface area contributed by atoms with Crippen molar-refractivity contribution in [3.8, 4) is 6.07 Å². The van der Waals surface area contributed by atoms with Gasteiger partial charge in [0.15, 0.2) is 0 Å². The third-order valence-electron chi connectivity index (χ3n) is 2.03. The molecule has 0 spiro atoms. The summed E-state index contributed by atoms with van der Waals surface area (Å²) in [4.78, 5) is 10.3. The van der Waals surface area contributed by atoms with Crippen molar-refractivity contribution in [1.29, 1.82) is 5.26 Å². The first-order valence-electron chi connectivity index (χ1n) is 5.22. The molecule has 0 atom stereocenters. The molecule has 88 valence electrons. The number of nitrogens with zero attached hydrogens (tertiary/aromatic N) is 2. The van der Waals surface area contributed by atoms with Crippen LogP contribution in [0.2, 0.25) is 0 Å². The lowest BCUT2D eigenvalue weighted by Crippen LogP contribution is -2.02. The van der Waals surface area contributed by atoms with Crippen molar-refractivity contribution >= 4 is 17.4 Å². The maximum atomic E-state index is 10.3. The molecule has 0 saturated carbocycles. The fourth-order valence-corrected chi connectivity index (χ4v) is 1.19. The van der Waals surface area contributed by atoms with Crippen LogP contribution in [0.25, 0.3) is 0 Å². The number of benzene rings is 1. The summed E-state index contributed by atoms with van der Waals surface area (Å²) in [5.41, 5.74) is 3.84. The second kappa shape index (κ2) is 7.01. The molecular weight excluding hydrogens is 218 g/mol. The second-order valence-electron chi connectivity index (χ2n) is 3.40. The van der Waals surface area contributed by atoms with Crippen LogP contribution in [0.1, 0.15) is 19.3 Å². The molecule has 5 heteroatoms. The van der Waals surface area contributed by atoms with Gasteiger partial charge in [-0.2, -0.15) is 10.4 Å². The van der Waals surface area contributed by atoms with Crippen LogP contribution in [0, 0.1) is 11.3 Å². The third-order valence-corrected chi connectivity index (χ3v) is 2.03. The van der Waals surface area contributed by atoms with E-state index in [2.05, 4.69) is 10.5 Å². The number of carbonyl (C=O) groups is 1. The maximum absolute atomic E-state index is 10.3. The van der Waals surface area contributed by atoms with Gasteiger partial charge in [-0.25, -0.2) is 0 Å². The first-order valence-corrected chi connectivity index (χ1v) is 5.22. The Morgan fingerprint density at radius 3 is 2.65 bits per heavy atom. The van der Waals surface area contributed by atoms with Crippen LogP contribution < -0.4 is 5.43 Å². The lowest BCUT2D eigenvalue weighted by molar-refractivity contribution is -0.137. The number of rotatable bonds is 6. The zero-order valence-electron chi connectivity index (χ0n) is 9.26. The molecule has 0 aromatic heterocycles. The van der Waals surface area contributed by atoms with Gasteiger partial charge in [0.2, 0.25) is 0 Å². The smallest absolute Gasteiger partial charge is 0.303 e. The summed E-state index contributed by atoms with van der Waals surface area (Å²) in [7, 11) is 0. The summed E-state index contributed by atoms with van der Waals surface area (Å²) >= 11 is 0. The van der Waals surface area contributed by atoms with Crippen LogP contribution in [-0.2, 0) is 4.79 Å². The van der Waals surface area contributed by atoms with Gasteiger partial charge in [-0.15, -0.1) is 0 Å². The summed E-state index contributed by atoms with van der Waals surface area (Å²) in [5, 5.41) is 21.2. The summed E-state index contributed by atoms with van der Waals surface area (Å²) in [5.74, 6) is -0.863. The average molecular weight is 231 g/mol. The molecule has 0 bridgehead atoms. The topological polar surface area (TPSA) is 85.5 Å². The lowest BCUT2D eigenvalue weighted by Gasteiger charge is -2.00. The molecule has 0 amide bonds. The van der Waals surface area contributed by atoms with Crippen molar-refractivity contribution in [2.45, 2.75) is 19.3 Å². The highest BCUT2D eigenvalue weighted by Crippen LogP contribution is 2.05. The van der Waals surface area contributed by atoms with Gasteiger partial charge >= 0.3 is 5.97 Å². The molecule has 1 aromatic rings. The number of nitrogens with one attached hydrogen (secondary N) is 1. The van der Waals surface area contributed by atoms with Crippen molar-refractivity contribution < 1.29 is 9.90 Å². The van der Waals surface area contributed by atoms with Crippen LogP contribution >= 0.6 is 0 Å². The summed E-state index contributed by atoms with van der Waals surface area (Å²) in [6, 6.07) is 11.2. The largest absolute Gasteiger partial charge is 0.481 e. The number of carboxylic acid groups (broad SMARTS) is 1. The Bertz CT molecular complexity index is 435. The fraction of sp³-hybridized carbons (Fsp3) is 0.250. The van der Waals surface area contributed by atoms with Crippen molar-refractivity contribution in [3.63, 3.8) is 0 Å². The predicted molar refractivity (Wildman–Crippen MR) is 64.6 cm³/mol. The highest BCUT2D eigenvalue weighted by atomic mass is 16.4. The Labute approximate surface area is 99.4 Å². The first kappa shape index (κ1) is 12.7. The van der Waals surface area contributed by atoms with Gasteiger partial charge < -0.3 is 5.11 Å². The molecule has 1 rings (SSSR count). The summed E-state index contributed by atoms with van der Waals surface area (Å²) in [6.45, 7) is 0. The normalized spacial score (nSPS) is 10.6. The molecule has 0 saturated heterocycles. The monoisotopic (exact) mass is 231 g/mol. The van der Waals surface area contributed by atoms with Crippen molar-refractivity contribution in [2.24, 2.45) is 5.10 Å². The van der Waals surface area contributed by atoms with Gasteiger partial charge in [0, 0.05) is 12.8 Å². The summed E-state index contributed by atoms with van der Waals surface area (Å²) in [6.07, 6.45) is 0.826. The molecule has 17 heavy (non-hydrogen) atoms. The number of carboxylic acids is 1. The van der Waals surface area contributed by atoms with Crippen LogP contribution in [-0.4, -0.2) is 16.8 Å². The van der Waals surface area contributed by atoms with Gasteiger partial charge in [0.05, 0.1) is 5.69 Å². The standard InChI is InChI=1S/C12H13N3O2/c13-9-11(7-4-8-12(16)17)15-14-10-5-2-1-3-6-10/h1-3,5-6,14H,4,7-8H2,(H,16,17). The molecule has 2 N–H and O–H groups in total. The van der Waals surface area contributed by atoms with E-state index in [4.69, 9.17) is 10.4 Å². The number of anilines is 1. The number of nitriles is 1. The van der Waals surface area contributed by atoms with E-state index in [-0.39, 0.29) is 6.42 Å². The average Bonchev–Trinajstić information content (AvgIpc) is 2.34. The molecule has 0 radical (unpaired) electrons. The number of hydrogen-bond donors (Lipinski definition) is 2. The number of para-hydroxylation sites is 1. The van der Waals surface area contributed by atoms with Gasteiger partial charge in [-0.3, -0.25) is 10.2 Å². The Kier molecular flexibility index (Phi) is 5.25. The molecule has 1 aromatic carbocycles. The van der Waals surface area contributed by atoms with Crippen molar-refractivity contribution in [3.05, 3.63) is 30.3 Å². The highest BCUT2D eigenvalue weighted by Gasteiger charge is 2.01. The van der Waals surface area contributed by atoms with Crippen LogP contribution in [0.4, 0.5) is 5.69 Å². The Balaban J connectivity index is 2.45. The maximum Gasteiger partial charge on any atom is 0.303 e. The van der Waals surface area contributed by atoms with E-state index in [0.29, 0.717) is 18.6 Å². The van der Waals surface area contributed by atoms with Crippen LogP contribution in [0.15, 0.2) is 35.4 Å². The van der Waals surface area contributed by atoms with E-state index < -0.39 is 5.97 Å². The number of hydrogen-bond acceptors (Lipinski definition) is 4. The number of aliphatic carboxylic acids is 1. The SMILES string of the molecule is N#CC(CCCC(=O)O)=NNc1ccccc1. The minimum absolute atomic E-state index is 0.0477. The molecule has 0 aliphatic carbocycles. The van der Waals surface area contributed by atoms with Gasteiger partial charge in [-0.1, -0.05) is 18.2 Å². The molecule has 5 nitrogen and oxygen atoms in total. The van der Waals surface area contributed by atoms with E-state index in [1.165, 1.54) is 0 Å². The minimum Gasteiger partial charge on any atom is -0.481 e. The highest BCUT2D eigenvalue weighted by molar-refractivity contribution is 5.98. The van der Waals surface area contributed by atoms with E-state index >= 15 is 0 Å². The zero-order chi connectivity index (χ0) is 12.5. The van der Waals surface area contributed by atoms with Gasteiger partial charge in [0.1, 0.15) is 11.8 Å². The lowest BCUT2D eigenvalue weighted by atomic mass is 10.2. The zero-order valence-corrected chi connectivity index (χ0v) is 9.26. The van der Waals surface area contributed by atoms with E-state index in [1.54, 1.807) is 0 Å². The Morgan fingerprint density at radius 2 is 2.06 bits per heavy atom. The quantitative estimate of drug-likeness (QED) is 0.580. The predicted octanol–water partition coefficient (Wildman–Crippen LogP) is 2.23. The van der Waals surface area contributed by atoms with Crippen molar-refractivity contribution in [1.82, 2.24) is 0 Å². The van der Waals surface area contributed by atoms with Crippen LogP contribution in [0.5, 0.6) is 0 Å². The first-order chi connectivity index (χ1) is 8.22.